The Labute approximate surface area is 152 Å². The van der Waals surface area contributed by atoms with E-state index in [1.54, 1.807) is 4.90 Å². The third-order valence-corrected chi connectivity index (χ3v) is 4.68. The van der Waals surface area contributed by atoms with E-state index in [4.69, 9.17) is 0 Å². The van der Waals surface area contributed by atoms with Crippen LogP contribution >= 0.6 is 0 Å². The lowest BCUT2D eigenvalue weighted by Gasteiger charge is -2.32. The van der Waals surface area contributed by atoms with Gasteiger partial charge < -0.3 is 10.2 Å². The lowest BCUT2D eigenvalue weighted by atomic mass is 9.97. The molecular weight excluding hydrogens is 336 g/mol. The van der Waals surface area contributed by atoms with E-state index in [-0.39, 0.29) is 24.3 Å². The third-order valence-electron chi connectivity index (χ3n) is 4.68. The zero-order chi connectivity index (χ0) is 18.9. The molecule has 8 nitrogen and oxygen atoms in total. The van der Waals surface area contributed by atoms with Gasteiger partial charge in [0.05, 0.1) is 5.92 Å². The largest absolute Gasteiger partial charge is 0.356 e. The summed E-state index contributed by atoms with van der Waals surface area (Å²) in [7, 11) is 0. The van der Waals surface area contributed by atoms with Gasteiger partial charge in [-0.2, -0.15) is 0 Å². The van der Waals surface area contributed by atoms with E-state index < -0.39 is 11.2 Å². The molecule has 1 aliphatic rings. The van der Waals surface area contributed by atoms with Crippen molar-refractivity contribution >= 4 is 11.8 Å². The summed E-state index contributed by atoms with van der Waals surface area (Å²) in [6.45, 7) is 3.64. The molecule has 1 atom stereocenters. The van der Waals surface area contributed by atoms with Gasteiger partial charge in [-0.3, -0.25) is 23.9 Å². The number of unbranched alkanes of at least 4 members (excludes halogenated alkanes) is 3. The molecule has 0 saturated carbocycles. The Hall–Kier alpha value is -2.38. The molecule has 1 unspecified atom stereocenters. The van der Waals surface area contributed by atoms with E-state index in [1.807, 2.05) is 0 Å². The molecule has 0 aliphatic carbocycles. The summed E-state index contributed by atoms with van der Waals surface area (Å²) in [5.41, 5.74) is -1.10. The Morgan fingerprint density at radius 1 is 1.27 bits per heavy atom. The zero-order valence-electron chi connectivity index (χ0n) is 15.3. The molecule has 1 fully saturated rings. The number of aromatic nitrogens is 2. The monoisotopic (exact) mass is 364 g/mol. The van der Waals surface area contributed by atoms with Crippen LogP contribution in [0.1, 0.15) is 45.4 Å². The highest BCUT2D eigenvalue weighted by Crippen LogP contribution is 2.17. The fraction of sp³-hybridized carbons (Fsp3) is 0.667. The number of H-pyrrole nitrogens is 1. The van der Waals surface area contributed by atoms with Crippen LogP contribution in [0.2, 0.25) is 0 Å². The van der Waals surface area contributed by atoms with Crippen LogP contribution in [0.4, 0.5) is 0 Å². The molecule has 1 aliphatic heterocycles. The summed E-state index contributed by atoms with van der Waals surface area (Å²) in [6, 6.07) is 1.21. The molecule has 8 heteroatoms. The Morgan fingerprint density at radius 3 is 2.81 bits per heavy atom. The number of aromatic amines is 1. The fourth-order valence-electron chi connectivity index (χ4n) is 3.14. The first-order chi connectivity index (χ1) is 12.5. The highest BCUT2D eigenvalue weighted by Gasteiger charge is 2.28. The second-order valence-electron chi connectivity index (χ2n) is 6.77. The van der Waals surface area contributed by atoms with Crippen molar-refractivity contribution in [2.45, 2.75) is 52.0 Å². The summed E-state index contributed by atoms with van der Waals surface area (Å²) < 4.78 is 1.17. The van der Waals surface area contributed by atoms with Gasteiger partial charge in [0, 0.05) is 31.9 Å². The van der Waals surface area contributed by atoms with Gasteiger partial charge in [0.25, 0.3) is 5.56 Å². The molecule has 0 radical (unpaired) electrons. The minimum Gasteiger partial charge on any atom is -0.356 e. The number of carbonyl (C=O) groups is 2. The average Bonchev–Trinajstić information content (AvgIpc) is 2.63. The minimum atomic E-state index is -0.607. The van der Waals surface area contributed by atoms with Crippen LogP contribution in [-0.4, -0.2) is 45.9 Å². The number of carbonyl (C=O) groups excluding carboxylic acids is 2. The van der Waals surface area contributed by atoms with E-state index in [0.29, 0.717) is 19.6 Å². The fourth-order valence-corrected chi connectivity index (χ4v) is 3.14. The smallest absolute Gasteiger partial charge is 0.328 e. The molecule has 0 aromatic carbocycles. The first kappa shape index (κ1) is 19.9. The molecule has 0 bridgehead atoms. The van der Waals surface area contributed by atoms with Crippen molar-refractivity contribution in [3.8, 4) is 0 Å². The number of hydrogen-bond donors (Lipinski definition) is 2. The molecule has 2 amide bonds. The lowest BCUT2D eigenvalue weighted by Crippen LogP contribution is -2.47. The van der Waals surface area contributed by atoms with Crippen LogP contribution in [0.15, 0.2) is 21.9 Å². The predicted molar refractivity (Wildman–Crippen MR) is 97.8 cm³/mol. The Morgan fingerprint density at radius 2 is 2.08 bits per heavy atom. The molecule has 0 spiro atoms. The van der Waals surface area contributed by atoms with Crippen LogP contribution in [0.5, 0.6) is 0 Å². The minimum absolute atomic E-state index is 0.000191. The number of amides is 2. The predicted octanol–water partition coefficient (Wildman–Crippen LogP) is 0.472. The summed E-state index contributed by atoms with van der Waals surface area (Å²) in [4.78, 5) is 51.3. The summed E-state index contributed by atoms with van der Waals surface area (Å²) in [5.74, 6) is -0.425. The summed E-state index contributed by atoms with van der Waals surface area (Å²) in [6.07, 6.45) is 7.26. The molecule has 2 N–H and O–H groups in total. The summed E-state index contributed by atoms with van der Waals surface area (Å²) in [5, 5.41) is 2.96. The number of likely N-dealkylation sites (tertiary alicyclic amines) is 1. The Balaban J connectivity index is 1.84. The van der Waals surface area contributed by atoms with Crippen LogP contribution in [0, 0.1) is 5.92 Å². The third kappa shape index (κ3) is 5.86. The second kappa shape index (κ2) is 9.94. The van der Waals surface area contributed by atoms with Crippen molar-refractivity contribution in [1.29, 1.82) is 0 Å². The van der Waals surface area contributed by atoms with E-state index in [0.717, 1.165) is 32.1 Å². The molecule has 1 aromatic heterocycles. The topological polar surface area (TPSA) is 104 Å². The van der Waals surface area contributed by atoms with Crippen molar-refractivity contribution in [3.63, 3.8) is 0 Å². The molecule has 2 rings (SSSR count). The maximum absolute atomic E-state index is 12.4. The molecule has 2 heterocycles. The van der Waals surface area contributed by atoms with Crippen molar-refractivity contribution in [3.05, 3.63) is 33.1 Å². The molecule has 1 saturated heterocycles. The van der Waals surface area contributed by atoms with Crippen molar-refractivity contribution in [2.75, 3.05) is 19.6 Å². The van der Waals surface area contributed by atoms with E-state index in [9.17, 15) is 19.2 Å². The number of piperidine rings is 1. The maximum atomic E-state index is 12.4. The van der Waals surface area contributed by atoms with Gasteiger partial charge in [-0.25, -0.2) is 4.79 Å². The first-order valence-corrected chi connectivity index (χ1v) is 9.36. The van der Waals surface area contributed by atoms with Crippen LogP contribution < -0.4 is 16.6 Å². The summed E-state index contributed by atoms with van der Waals surface area (Å²) >= 11 is 0. The maximum Gasteiger partial charge on any atom is 0.328 e. The quantitative estimate of drug-likeness (QED) is 0.654. The van der Waals surface area contributed by atoms with Crippen molar-refractivity contribution in [2.24, 2.45) is 5.92 Å². The Kier molecular flexibility index (Phi) is 7.62. The van der Waals surface area contributed by atoms with Gasteiger partial charge in [-0.15, -0.1) is 0 Å². The highest BCUT2D eigenvalue weighted by molar-refractivity contribution is 5.81. The molecule has 1 aromatic rings. The van der Waals surface area contributed by atoms with E-state index >= 15 is 0 Å². The number of rotatable bonds is 8. The number of nitrogens with one attached hydrogen (secondary N) is 2. The van der Waals surface area contributed by atoms with Gasteiger partial charge in [0.1, 0.15) is 6.54 Å². The van der Waals surface area contributed by atoms with Gasteiger partial charge in [-0.05, 0) is 19.3 Å². The van der Waals surface area contributed by atoms with Crippen LogP contribution in [0.3, 0.4) is 0 Å². The first-order valence-electron chi connectivity index (χ1n) is 9.36. The zero-order valence-corrected chi connectivity index (χ0v) is 15.3. The lowest BCUT2D eigenvalue weighted by molar-refractivity contribution is -0.136. The standard InChI is InChI=1S/C18H28N4O4/c1-2-3-4-5-9-19-17(25)14-7-6-10-21(12-14)16(24)13-22-11-8-15(23)20-18(22)26/h8,11,14H,2-7,9-10,12-13H2,1H3,(H,19,25)(H,20,23,26). The van der Waals surface area contributed by atoms with Gasteiger partial charge in [0.15, 0.2) is 0 Å². The molecule has 144 valence electrons. The molecular formula is C18H28N4O4. The van der Waals surface area contributed by atoms with E-state index in [2.05, 4.69) is 17.2 Å². The van der Waals surface area contributed by atoms with Gasteiger partial charge in [-0.1, -0.05) is 26.2 Å². The van der Waals surface area contributed by atoms with Gasteiger partial charge >= 0.3 is 5.69 Å². The second-order valence-corrected chi connectivity index (χ2v) is 6.77. The Bertz CT molecular complexity index is 724. The average molecular weight is 364 g/mol. The van der Waals surface area contributed by atoms with Crippen molar-refractivity contribution in [1.82, 2.24) is 19.8 Å². The number of nitrogens with zero attached hydrogens (tertiary/aromatic N) is 2. The molecule has 26 heavy (non-hydrogen) atoms. The van der Waals surface area contributed by atoms with Gasteiger partial charge in [0.2, 0.25) is 11.8 Å². The SMILES string of the molecule is CCCCCCNC(=O)C1CCCN(C(=O)Cn2ccc(=O)[nH]c2=O)C1. The van der Waals surface area contributed by atoms with Crippen LogP contribution in [-0.2, 0) is 16.1 Å². The van der Waals surface area contributed by atoms with Crippen molar-refractivity contribution < 1.29 is 9.59 Å². The van der Waals surface area contributed by atoms with Crippen LogP contribution in [0.25, 0.3) is 0 Å². The van der Waals surface area contributed by atoms with E-state index in [1.165, 1.54) is 23.3 Å². The normalized spacial score (nSPS) is 17.1. The number of hydrogen-bond acceptors (Lipinski definition) is 4. The highest BCUT2D eigenvalue weighted by atomic mass is 16.2.